The van der Waals surface area contributed by atoms with Crippen molar-refractivity contribution in [2.24, 2.45) is 0 Å². The molecule has 0 saturated carbocycles. The van der Waals surface area contributed by atoms with Crippen LogP contribution < -0.4 is 5.69 Å². The number of halogens is 2. The zero-order chi connectivity index (χ0) is 8.77. The monoisotopic (exact) mass is 175 g/mol. The van der Waals surface area contributed by atoms with Crippen LogP contribution in [-0.4, -0.2) is 20.7 Å². The normalized spacial score (nSPS) is 20.5. The number of alkyl halides is 2. The minimum absolute atomic E-state index is 0.158. The van der Waals surface area contributed by atoms with Crippen molar-refractivity contribution < 1.29 is 8.78 Å². The molecule has 0 saturated heterocycles. The Morgan fingerprint density at radius 1 is 1.58 bits per heavy atom. The molecule has 0 fully saturated rings. The molecule has 0 unspecified atom stereocenters. The first-order valence-electron chi connectivity index (χ1n) is 3.60. The average molecular weight is 175 g/mol. The summed E-state index contributed by atoms with van der Waals surface area (Å²) in [7, 11) is 0. The van der Waals surface area contributed by atoms with E-state index in [1.807, 2.05) is 0 Å². The van der Waals surface area contributed by atoms with E-state index in [1.165, 1.54) is 0 Å². The van der Waals surface area contributed by atoms with Gasteiger partial charge in [-0.2, -0.15) is 5.10 Å². The standard InChI is InChI=1S/C6H7F2N3O/c7-6(8)2-1-4-9-10-5(12)11(4)3-6/h1-3H2,(H,10,12). The van der Waals surface area contributed by atoms with Crippen LogP contribution in [0, 0.1) is 0 Å². The van der Waals surface area contributed by atoms with E-state index < -0.39 is 18.2 Å². The summed E-state index contributed by atoms with van der Waals surface area (Å²) in [5.74, 6) is -2.34. The Labute approximate surface area is 66.2 Å². The van der Waals surface area contributed by atoms with Crippen molar-refractivity contribution >= 4 is 0 Å². The van der Waals surface area contributed by atoms with Gasteiger partial charge in [0.1, 0.15) is 5.82 Å². The van der Waals surface area contributed by atoms with Crippen LogP contribution in [0.3, 0.4) is 0 Å². The lowest BCUT2D eigenvalue weighted by atomic mass is 10.1. The van der Waals surface area contributed by atoms with Crippen LogP contribution in [0.1, 0.15) is 12.2 Å². The van der Waals surface area contributed by atoms with E-state index >= 15 is 0 Å². The number of fused-ring (bicyclic) bond motifs is 1. The lowest BCUT2D eigenvalue weighted by molar-refractivity contribution is -0.0356. The molecule has 0 radical (unpaired) electrons. The molecule has 1 aromatic heterocycles. The predicted octanol–water partition coefficient (Wildman–Crippen LogP) is 0.153. The summed E-state index contributed by atoms with van der Waals surface area (Å²) in [6, 6.07) is 0. The van der Waals surface area contributed by atoms with Gasteiger partial charge in [-0.15, -0.1) is 0 Å². The van der Waals surface area contributed by atoms with Gasteiger partial charge in [0.05, 0.1) is 6.54 Å². The predicted molar refractivity (Wildman–Crippen MR) is 36.1 cm³/mol. The highest BCUT2D eigenvalue weighted by atomic mass is 19.3. The van der Waals surface area contributed by atoms with Crippen molar-refractivity contribution in [3.05, 3.63) is 16.3 Å². The van der Waals surface area contributed by atoms with Gasteiger partial charge in [0, 0.05) is 12.8 Å². The van der Waals surface area contributed by atoms with E-state index in [1.54, 1.807) is 0 Å². The number of aromatic amines is 1. The summed E-state index contributed by atoms with van der Waals surface area (Å²) < 4.78 is 26.5. The fourth-order valence-electron chi connectivity index (χ4n) is 1.31. The summed E-state index contributed by atoms with van der Waals surface area (Å²) in [4.78, 5) is 10.9. The third-order valence-corrected chi connectivity index (χ3v) is 1.94. The molecular weight excluding hydrogens is 168 g/mol. The van der Waals surface area contributed by atoms with Crippen LogP contribution in [0.4, 0.5) is 8.78 Å². The molecule has 66 valence electrons. The van der Waals surface area contributed by atoms with Crippen molar-refractivity contribution in [1.29, 1.82) is 0 Å². The van der Waals surface area contributed by atoms with Gasteiger partial charge in [0.25, 0.3) is 5.92 Å². The first-order chi connectivity index (χ1) is 5.58. The molecule has 12 heavy (non-hydrogen) atoms. The number of aromatic nitrogens is 3. The van der Waals surface area contributed by atoms with Crippen molar-refractivity contribution in [2.75, 3.05) is 0 Å². The second kappa shape index (κ2) is 2.15. The summed E-state index contributed by atoms with van der Waals surface area (Å²) in [5, 5.41) is 5.75. The lowest BCUT2D eigenvalue weighted by Crippen LogP contribution is -2.35. The molecule has 4 nitrogen and oxygen atoms in total. The minimum atomic E-state index is -2.76. The van der Waals surface area contributed by atoms with Gasteiger partial charge in [-0.05, 0) is 0 Å². The zero-order valence-electron chi connectivity index (χ0n) is 6.18. The highest BCUT2D eigenvalue weighted by Gasteiger charge is 2.35. The van der Waals surface area contributed by atoms with Crippen molar-refractivity contribution in [1.82, 2.24) is 14.8 Å². The van der Waals surface area contributed by atoms with Crippen molar-refractivity contribution in [3.63, 3.8) is 0 Å². The van der Waals surface area contributed by atoms with E-state index in [-0.39, 0.29) is 12.8 Å². The topological polar surface area (TPSA) is 50.7 Å². The van der Waals surface area contributed by atoms with Crippen molar-refractivity contribution in [3.8, 4) is 0 Å². The molecule has 0 bridgehead atoms. The molecule has 1 aromatic rings. The number of hydrogen-bond donors (Lipinski definition) is 1. The van der Waals surface area contributed by atoms with Gasteiger partial charge in [-0.3, -0.25) is 4.57 Å². The summed E-state index contributed by atoms with van der Waals surface area (Å²) in [6.45, 7) is -0.544. The Morgan fingerprint density at radius 2 is 2.33 bits per heavy atom. The van der Waals surface area contributed by atoms with E-state index in [9.17, 15) is 13.6 Å². The third kappa shape index (κ3) is 1.03. The maximum absolute atomic E-state index is 12.7. The first kappa shape index (κ1) is 7.45. The van der Waals surface area contributed by atoms with Gasteiger partial charge in [0.2, 0.25) is 0 Å². The maximum Gasteiger partial charge on any atom is 0.343 e. The molecule has 0 aliphatic carbocycles. The number of nitrogens with zero attached hydrogens (tertiary/aromatic N) is 2. The summed E-state index contributed by atoms with van der Waals surface area (Å²) >= 11 is 0. The molecule has 2 heterocycles. The lowest BCUT2D eigenvalue weighted by Gasteiger charge is -2.21. The van der Waals surface area contributed by atoms with E-state index in [0.29, 0.717) is 5.82 Å². The van der Waals surface area contributed by atoms with E-state index in [0.717, 1.165) is 4.57 Å². The molecule has 0 spiro atoms. The number of aryl methyl sites for hydroxylation is 1. The first-order valence-corrected chi connectivity index (χ1v) is 3.60. The van der Waals surface area contributed by atoms with Gasteiger partial charge in [0.15, 0.2) is 0 Å². The van der Waals surface area contributed by atoms with Crippen molar-refractivity contribution in [2.45, 2.75) is 25.3 Å². The molecular formula is C6H7F2N3O. The third-order valence-electron chi connectivity index (χ3n) is 1.94. The fraction of sp³-hybridized carbons (Fsp3) is 0.667. The van der Waals surface area contributed by atoms with Gasteiger partial charge in [-0.25, -0.2) is 18.7 Å². The Balaban J connectivity index is 2.45. The number of H-pyrrole nitrogens is 1. The van der Waals surface area contributed by atoms with Crippen LogP contribution >= 0.6 is 0 Å². The highest BCUT2D eigenvalue weighted by molar-refractivity contribution is 4.94. The van der Waals surface area contributed by atoms with Crippen LogP contribution in [0.2, 0.25) is 0 Å². The Hall–Kier alpha value is -1.20. The molecule has 1 N–H and O–H groups in total. The van der Waals surface area contributed by atoms with Gasteiger partial charge >= 0.3 is 5.69 Å². The molecule has 0 atom stereocenters. The second-order valence-electron chi connectivity index (χ2n) is 2.89. The Bertz CT molecular complexity index is 354. The number of rotatable bonds is 0. The fourth-order valence-corrected chi connectivity index (χ4v) is 1.31. The van der Waals surface area contributed by atoms with Crippen LogP contribution in [0.5, 0.6) is 0 Å². The average Bonchev–Trinajstić information content (AvgIpc) is 2.31. The van der Waals surface area contributed by atoms with Gasteiger partial charge < -0.3 is 0 Å². The number of hydrogen-bond acceptors (Lipinski definition) is 2. The van der Waals surface area contributed by atoms with E-state index in [4.69, 9.17) is 0 Å². The van der Waals surface area contributed by atoms with Crippen LogP contribution in [0.15, 0.2) is 4.79 Å². The summed E-state index contributed by atoms with van der Waals surface area (Å²) in [6.07, 6.45) is -0.0664. The molecule has 0 amide bonds. The smallest absolute Gasteiger partial charge is 0.273 e. The molecule has 0 aromatic carbocycles. The second-order valence-corrected chi connectivity index (χ2v) is 2.89. The Kier molecular flexibility index (Phi) is 1.33. The molecule has 1 aliphatic heterocycles. The maximum atomic E-state index is 12.7. The SMILES string of the molecule is O=c1[nH]nc2n1CC(F)(F)CC2. The Morgan fingerprint density at radius 3 is 3.08 bits per heavy atom. The molecule has 1 aliphatic rings. The molecule has 6 heteroatoms. The van der Waals surface area contributed by atoms with E-state index in [2.05, 4.69) is 10.2 Å². The summed E-state index contributed by atoms with van der Waals surface area (Å²) in [5.41, 5.74) is -0.552. The quantitative estimate of drug-likeness (QED) is 0.610. The zero-order valence-corrected chi connectivity index (χ0v) is 6.18. The molecule has 2 rings (SSSR count). The van der Waals surface area contributed by atoms with Gasteiger partial charge in [-0.1, -0.05) is 0 Å². The highest BCUT2D eigenvalue weighted by Crippen LogP contribution is 2.26. The number of nitrogens with one attached hydrogen (secondary N) is 1. The van der Waals surface area contributed by atoms with Crippen LogP contribution in [0.25, 0.3) is 0 Å². The minimum Gasteiger partial charge on any atom is -0.273 e. The largest absolute Gasteiger partial charge is 0.343 e. The van der Waals surface area contributed by atoms with Crippen LogP contribution in [-0.2, 0) is 13.0 Å².